The number of halogens is 5. The Hall–Kier alpha value is -3.39. The molecule has 1 fully saturated rings. The summed E-state index contributed by atoms with van der Waals surface area (Å²) in [6.07, 6.45) is 4.92. The molecule has 0 aliphatic carbocycles. The second-order valence-electron chi connectivity index (χ2n) is 12.0. The summed E-state index contributed by atoms with van der Waals surface area (Å²) < 4.78 is 1.42. The molecule has 3 atom stereocenters. The summed E-state index contributed by atoms with van der Waals surface area (Å²) in [6.45, 7) is 13.9. The maximum Gasteiger partial charge on any atom is 0.276 e. The zero-order chi connectivity index (χ0) is 34.6. The average molecular weight is 737 g/mol. The number of carbonyl (C=O) groups excluding carboxylic acids is 1. The first-order valence-corrected chi connectivity index (χ1v) is 16.6. The third-order valence-corrected chi connectivity index (χ3v) is 10.6. The first-order valence-electron chi connectivity index (χ1n) is 14.7. The van der Waals surface area contributed by atoms with Crippen LogP contribution in [0.5, 0.6) is 5.75 Å². The number of benzene rings is 1. The van der Waals surface area contributed by atoms with Crippen LogP contribution in [0, 0.1) is 17.2 Å². The van der Waals surface area contributed by atoms with Crippen molar-refractivity contribution >= 4 is 86.3 Å². The van der Waals surface area contributed by atoms with Gasteiger partial charge in [-0.2, -0.15) is 5.26 Å². The molecule has 0 radical (unpaired) electrons. The van der Waals surface area contributed by atoms with E-state index in [1.165, 1.54) is 10.6 Å². The molecular weight excluding hydrogens is 706 g/mol. The normalized spacial score (nSPS) is 19.7. The molecule has 9 nitrogen and oxygen atoms in total. The van der Waals surface area contributed by atoms with Crippen LogP contribution in [0.1, 0.15) is 40.2 Å². The van der Waals surface area contributed by atoms with Gasteiger partial charge >= 0.3 is 0 Å². The van der Waals surface area contributed by atoms with E-state index in [1.807, 2.05) is 51.8 Å². The zero-order valence-electron chi connectivity index (χ0n) is 26.1. The first kappa shape index (κ1) is 34.9. The lowest BCUT2D eigenvalue weighted by atomic mass is 9.94. The Labute approximate surface area is 297 Å². The van der Waals surface area contributed by atoms with Crippen LogP contribution >= 0.6 is 58.0 Å². The number of phenols is 1. The van der Waals surface area contributed by atoms with Crippen molar-refractivity contribution in [3.05, 3.63) is 77.6 Å². The Morgan fingerprint density at radius 2 is 1.74 bits per heavy atom. The van der Waals surface area contributed by atoms with E-state index in [9.17, 15) is 20.0 Å². The van der Waals surface area contributed by atoms with Crippen molar-refractivity contribution in [3.63, 3.8) is 0 Å². The monoisotopic (exact) mass is 734 g/mol. The number of aromatic nitrogens is 2. The van der Waals surface area contributed by atoms with Crippen LogP contribution in [-0.4, -0.2) is 56.7 Å². The molecule has 0 unspecified atom stereocenters. The van der Waals surface area contributed by atoms with Gasteiger partial charge in [0.25, 0.3) is 5.56 Å². The predicted molar refractivity (Wildman–Crippen MR) is 191 cm³/mol. The number of aromatic hydroxyl groups is 1. The second kappa shape index (κ2) is 13.3. The quantitative estimate of drug-likeness (QED) is 0.156. The third-order valence-electron chi connectivity index (χ3n) is 8.55. The Morgan fingerprint density at radius 3 is 2.32 bits per heavy atom. The molecule has 0 spiro atoms. The van der Waals surface area contributed by atoms with Crippen molar-refractivity contribution in [1.82, 2.24) is 19.8 Å². The maximum absolute atomic E-state index is 14.6. The van der Waals surface area contributed by atoms with Crippen molar-refractivity contribution in [2.45, 2.75) is 52.7 Å². The van der Waals surface area contributed by atoms with Gasteiger partial charge in [0.2, 0.25) is 5.91 Å². The van der Waals surface area contributed by atoms with E-state index in [0.717, 1.165) is 5.57 Å². The molecule has 0 saturated carbocycles. The van der Waals surface area contributed by atoms with Crippen molar-refractivity contribution in [2.75, 3.05) is 18.0 Å². The number of nitrogens with one attached hydrogen (secondary N) is 1. The maximum atomic E-state index is 14.6. The number of anilines is 1. The van der Waals surface area contributed by atoms with E-state index in [2.05, 4.69) is 18.0 Å². The zero-order valence-corrected chi connectivity index (χ0v) is 29.9. The van der Waals surface area contributed by atoms with Crippen LogP contribution in [0.2, 0.25) is 25.1 Å². The fourth-order valence-corrected chi connectivity index (χ4v) is 7.67. The van der Waals surface area contributed by atoms with Gasteiger partial charge in [0, 0.05) is 30.6 Å². The molecule has 1 saturated heterocycles. The Balaban J connectivity index is 1.92. The number of rotatable bonds is 5. The summed E-state index contributed by atoms with van der Waals surface area (Å²) in [4.78, 5) is 35.8. The van der Waals surface area contributed by atoms with Crippen LogP contribution < -0.4 is 15.8 Å². The summed E-state index contributed by atoms with van der Waals surface area (Å²) >= 11 is 32.4. The van der Waals surface area contributed by atoms with Gasteiger partial charge in [0.1, 0.15) is 28.1 Å². The number of piperazine rings is 1. The Kier molecular flexibility index (Phi) is 9.85. The van der Waals surface area contributed by atoms with Gasteiger partial charge in [-0.15, -0.1) is 0 Å². The molecule has 2 aliphatic rings. The smallest absolute Gasteiger partial charge is 0.276 e. The van der Waals surface area contributed by atoms with Crippen LogP contribution in [-0.2, 0) is 4.79 Å². The number of nitriles is 1. The molecule has 0 bridgehead atoms. The number of carbonyl (C=O) groups is 1. The molecule has 2 N–H and O–H groups in total. The van der Waals surface area contributed by atoms with Gasteiger partial charge < -0.3 is 20.2 Å². The number of allylic oxidation sites excluding steroid dienone is 2. The van der Waals surface area contributed by atoms with E-state index in [0.29, 0.717) is 29.9 Å². The summed E-state index contributed by atoms with van der Waals surface area (Å²) in [7, 11) is 0. The minimum Gasteiger partial charge on any atom is -0.506 e. The largest absolute Gasteiger partial charge is 0.506 e. The van der Waals surface area contributed by atoms with Gasteiger partial charge in [0.05, 0.1) is 48.8 Å². The van der Waals surface area contributed by atoms with Crippen molar-refractivity contribution in [1.29, 1.82) is 5.26 Å². The number of hydrogen-bond donors (Lipinski definition) is 2. The van der Waals surface area contributed by atoms with E-state index in [-0.39, 0.29) is 77.5 Å². The SMILES string of the molecule is C=CC(=O)N1[C@H](C)CN(c2c(C#N)c(=O)n(C3=C(C)C=CN[C@@H]3C(C)C)c3nc(-c4c(O)c(Cl)c(Cl)c(Cl)c4Cl)c(Cl)cc23)C[C@@H]1C. The predicted octanol–water partition coefficient (Wildman–Crippen LogP) is 7.89. The number of amides is 1. The molecule has 1 aromatic carbocycles. The lowest BCUT2D eigenvalue weighted by Crippen LogP contribution is -2.58. The fourth-order valence-electron chi connectivity index (χ4n) is 6.49. The first-order chi connectivity index (χ1) is 22.2. The molecule has 2 aromatic heterocycles. The van der Waals surface area contributed by atoms with Gasteiger partial charge in [-0.3, -0.25) is 14.2 Å². The minimum atomic E-state index is -0.597. The Bertz CT molecular complexity index is 1970. The highest BCUT2D eigenvalue weighted by Crippen LogP contribution is 2.51. The van der Waals surface area contributed by atoms with Crippen LogP contribution in [0.15, 0.2) is 41.4 Å². The topological polar surface area (TPSA) is 114 Å². The molecule has 3 aromatic rings. The third kappa shape index (κ3) is 5.74. The Morgan fingerprint density at radius 1 is 1.13 bits per heavy atom. The number of dihydropyridines is 1. The van der Waals surface area contributed by atoms with E-state index >= 15 is 0 Å². The van der Waals surface area contributed by atoms with Crippen molar-refractivity contribution < 1.29 is 9.90 Å². The average Bonchev–Trinajstić information content (AvgIpc) is 3.02. The second-order valence-corrected chi connectivity index (χ2v) is 13.9. The van der Waals surface area contributed by atoms with E-state index in [4.69, 9.17) is 63.0 Å². The summed E-state index contributed by atoms with van der Waals surface area (Å²) in [5.41, 5.74) is 1.06. The molecule has 4 heterocycles. The summed E-state index contributed by atoms with van der Waals surface area (Å²) in [6, 6.07) is 2.84. The number of hydrogen-bond acceptors (Lipinski definition) is 7. The van der Waals surface area contributed by atoms with Crippen LogP contribution in [0.4, 0.5) is 5.69 Å². The molecular formula is C33H31Cl5N6O3. The molecule has 2 aliphatic heterocycles. The van der Waals surface area contributed by atoms with Gasteiger partial charge in [0.15, 0.2) is 0 Å². The lowest BCUT2D eigenvalue weighted by molar-refractivity contribution is -0.130. The van der Waals surface area contributed by atoms with Crippen LogP contribution in [0.25, 0.3) is 28.0 Å². The number of phenolic OH excluding ortho intramolecular Hbond substituents is 1. The highest BCUT2D eigenvalue weighted by molar-refractivity contribution is 6.53. The van der Waals surface area contributed by atoms with Crippen molar-refractivity contribution in [3.8, 4) is 23.1 Å². The lowest BCUT2D eigenvalue weighted by Gasteiger charge is -2.45. The number of pyridine rings is 2. The molecule has 47 heavy (non-hydrogen) atoms. The van der Waals surface area contributed by atoms with Gasteiger partial charge in [-0.05, 0) is 56.7 Å². The van der Waals surface area contributed by atoms with Crippen molar-refractivity contribution in [2.24, 2.45) is 5.92 Å². The van der Waals surface area contributed by atoms with Gasteiger partial charge in [-0.25, -0.2) is 4.98 Å². The number of fused-ring (bicyclic) bond motifs is 1. The van der Waals surface area contributed by atoms with E-state index < -0.39 is 11.3 Å². The highest BCUT2D eigenvalue weighted by atomic mass is 35.5. The fraction of sp³-hybridized carbons (Fsp3) is 0.333. The highest BCUT2D eigenvalue weighted by Gasteiger charge is 2.36. The molecule has 5 rings (SSSR count). The molecule has 1 amide bonds. The standard InChI is InChI=1S/C33H31Cl5N6O3/c1-7-21(45)43-16(5)12-42(13-17(43)6)30-18-10-20(34)28(22-23(35)24(36)25(37)26(38)31(22)46)41-32(18)44(33(47)19(30)11-39)29-15(4)8-9-40-27(29)14(2)3/h7-10,14,16-17,27,40,46H,1,12-13H2,2-6H3/t16-,17+,27-/m1/s1. The molecule has 14 heteroatoms. The summed E-state index contributed by atoms with van der Waals surface area (Å²) in [5.74, 6) is -0.684. The van der Waals surface area contributed by atoms with Crippen LogP contribution in [0.3, 0.4) is 0 Å². The van der Waals surface area contributed by atoms with Gasteiger partial charge in [-0.1, -0.05) is 78.4 Å². The minimum absolute atomic E-state index is 0.00673. The molecule has 246 valence electrons. The van der Waals surface area contributed by atoms with E-state index in [1.54, 1.807) is 11.0 Å². The number of nitrogens with zero attached hydrogens (tertiary/aromatic N) is 5. The summed E-state index contributed by atoms with van der Waals surface area (Å²) in [5, 5.41) is 24.8.